The molecule has 2 rings (SSSR count). The number of hydrogen-bond donors (Lipinski definition) is 4. The Kier molecular flexibility index (Phi) is 2.78. The standard InChI is InChI=1S/C11H16O6/c1-11(2)3-4(12)5-6(13)7(14)8(15)9(16)10(5)17-11/h6-9,13-16H,3H2,1-2H3/t6-,7+,8-,9+/m1/s1. The predicted molar refractivity (Wildman–Crippen MR) is 55.8 cm³/mol. The molecule has 17 heavy (non-hydrogen) atoms. The van der Waals surface area contributed by atoms with Crippen LogP contribution in [0.4, 0.5) is 0 Å². The zero-order valence-corrected chi connectivity index (χ0v) is 9.62. The highest BCUT2D eigenvalue weighted by Crippen LogP contribution is 2.37. The average molecular weight is 244 g/mol. The molecule has 0 bridgehead atoms. The molecule has 1 aliphatic heterocycles. The summed E-state index contributed by atoms with van der Waals surface area (Å²) in [5.74, 6) is -0.509. The van der Waals surface area contributed by atoms with E-state index in [0.717, 1.165) is 0 Å². The normalized spacial score (nSPS) is 40.9. The van der Waals surface area contributed by atoms with Crippen molar-refractivity contribution in [2.45, 2.75) is 50.3 Å². The van der Waals surface area contributed by atoms with Crippen molar-refractivity contribution in [3.63, 3.8) is 0 Å². The van der Waals surface area contributed by atoms with E-state index in [1.54, 1.807) is 13.8 Å². The Balaban J connectivity index is 2.48. The van der Waals surface area contributed by atoms with Crippen molar-refractivity contribution in [3.05, 3.63) is 11.3 Å². The summed E-state index contributed by atoms with van der Waals surface area (Å²) in [5, 5.41) is 38.5. The maximum absolute atomic E-state index is 11.9. The van der Waals surface area contributed by atoms with Crippen LogP contribution in [0.2, 0.25) is 0 Å². The highest BCUT2D eigenvalue weighted by atomic mass is 16.5. The van der Waals surface area contributed by atoms with E-state index < -0.39 is 30.0 Å². The first kappa shape index (κ1) is 12.5. The molecule has 0 aromatic heterocycles. The van der Waals surface area contributed by atoms with Crippen LogP contribution in [0.5, 0.6) is 0 Å². The number of aliphatic hydroxyl groups is 4. The minimum atomic E-state index is -1.59. The summed E-state index contributed by atoms with van der Waals surface area (Å²) in [7, 11) is 0. The van der Waals surface area contributed by atoms with Crippen LogP contribution in [-0.2, 0) is 9.53 Å². The summed E-state index contributed by atoms with van der Waals surface area (Å²) in [6, 6.07) is 0. The Hall–Kier alpha value is -0.950. The van der Waals surface area contributed by atoms with Crippen LogP contribution in [0.15, 0.2) is 11.3 Å². The second kappa shape index (κ2) is 3.78. The molecule has 0 amide bonds. The monoisotopic (exact) mass is 244 g/mol. The van der Waals surface area contributed by atoms with Crippen molar-refractivity contribution in [2.24, 2.45) is 0 Å². The van der Waals surface area contributed by atoms with E-state index in [0.29, 0.717) is 0 Å². The van der Waals surface area contributed by atoms with Gasteiger partial charge in [-0.2, -0.15) is 0 Å². The van der Waals surface area contributed by atoms with Crippen LogP contribution < -0.4 is 0 Å². The molecule has 6 nitrogen and oxygen atoms in total. The summed E-state index contributed by atoms with van der Waals surface area (Å²) < 4.78 is 5.43. The topological polar surface area (TPSA) is 107 Å². The number of rotatable bonds is 0. The van der Waals surface area contributed by atoms with Gasteiger partial charge >= 0.3 is 0 Å². The molecule has 0 aromatic carbocycles. The summed E-state index contributed by atoms with van der Waals surface area (Å²) in [6.07, 6.45) is -6.11. The van der Waals surface area contributed by atoms with Crippen molar-refractivity contribution in [1.29, 1.82) is 0 Å². The number of aliphatic hydroxyl groups excluding tert-OH is 4. The molecule has 0 aromatic rings. The second-order valence-electron chi connectivity index (χ2n) is 5.11. The predicted octanol–water partition coefficient (Wildman–Crippen LogP) is -1.53. The number of carbonyl (C=O) groups is 1. The lowest BCUT2D eigenvalue weighted by atomic mass is 9.81. The molecule has 0 fully saturated rings. The maximum atomic E-state index is 11.9. The summed E-state index contributed by atoms with van der Waals surface area (Å²) in [4.78, 5) is 11.9. The zero-order chi connectivity index (χ0) is 13.0. The third-order valence-electron chi connectivity index (χ3n) is 3.10. The summed E-state index contributed by atoms with van der Waals surface area (Å²) in [5.41, 5.74) is -0.923. The molecule has 1 heterocycles. The van der Waals surface area contributed by atoms with Gasteiger partial charge in [-0.15, -0.1) is 0 Å². The molecule has 0 radical (unpaired) electrons. The van der Waals surface area contributed by atoms with Crippen molar-refractivity contribution in [1.82, 2.24) is 0 Å². The van der Waals surface area contributed by atoms with E-state index in [9.17, 15) is 25.2 Å². The Bertz CT molecular complexity index is 385. The number of ether oxygens (including phenoxy) is 1. The minimum absolute atomic E-state index is 0.0540. The first-order valence-corrected chi connectivity index (χ1v) is 5.43. The van der Waals surface area contributed by atoms with Gasteiger partial charge in [-0.05, 0) is 13.8 Å². The van der Waals surface area contributed by atoms with Crippen molar-refractivity contribution in [3.8, 4) is 0 Å². The smallest absolute Gasteiger partial charge is 0.169 e. The quantitative estimate of drug-likeness (QED) is 0.411. The Morgan fingerprint density at radius 1 is 1.12 bits per heavy atom. The number of hydrogen-bond acceptors (Lipinski definition) is 6. The number of carbonyl (C=O) groups excluding carboxylic acids is 1. The van der Waals surface area contributed by atoms with Crippen molar-refractivity contribution >= 4 is 5.78 Å². The van der Waals surface area contributed by atoms with Crippen LogP contribution in [0.3, 0.4) is 0 Å². The molecular formula is C11H16O6. The maximum Gasteiger partial charge on any atom is 0.169 e. The fourth-order valence-corrected chi connectivity index (χ4v) is 2.24. The highest BCUT2D eigenvalue weighted by molar-refractivity contribution is 5.98. The second-order valence-corrected chi connectivity index (χ2v) is 5.11. The zero-order valence-electron chi connectivity index (χ0n) is 9.62. The first-order chi connectivity index (χ1) is 7.74. The van der Waals surface area contributed by atoms with Crippen LogP contribution in [0, 0.1) is 0 Å². The lowest BCUT2D eigenvalue weighted by molar-refractivity contribution is -0.149. The highest BCUT2D eigenvalue weighted by Gasteiger charge is 2.49. The molecule has 1 aliphatic carbocycles. The molecule has 96 valence electrons. The fourth-order valence-electron chi connectivity index (χ4n) is 2.24. The molecule has 2 aliphatic rings. The first-order valence-electron chi connectivity index (χ1n) is 5.43. The third-order valence-corrected chi connectivity index (χ3v) is 3.10. The lowest BCUT2D eigenvalue weighted by Crippen LogP contribution is -2.55. The van der Waals surface area contributed by atoms with Gasteiger partial charge in [0.25, 0.3) is 0 Å². The SMILES string of the molecule is CC1(C)CC(=O)C2=C(O1)[C@@H](O)[C@H](O)[C@@H](O)[C@@H]2O. The summed E-state index contributed by atoms with van der Waals surface area (Å²) >= 11 is 0. The fraction of sp³-hybridized carbons (Fsp3) is 0.727. The van der Waals surface area contributed by atoms with Crippen LogP contribution in [0.25, 0.3) is 0 Å². The van der Waals surface area contributed by atoms with Gasteiger partial charge in [0.15, 0.2) is 5.78 Å². The number of ketones is 1. The molecule has 0 saturated carbocycles. The Morgan fingerprint density at radius 2 is 1.65 bits per heavy atom. The molecule has 0 unspecified atom stereocenters. The van der Waals surface area contributed by atoms with Gasteiger partial charge in [0.05, 0.1) is 12.0 Å². The van der Waals surface area contributed by atoms with E-state index in [2.05, 4.69) is 0 Å². The van der Waals surface area contributed by atoms with Crippen LogP contribution >= 0.6 is 0 Å². The van der Waals surface area contributed by atoms with E-state index in [-0.39, 0.29) is 23.5 Å². The van der Waals surface area contributed by atoms with Gasteiger partial charge in [0.1, 0.15) is 35.8 Å². The van der Waals surface area contributed by atoms with Crippen LogP contribution in [-0.4, -0.2) is 56.2 Å². The largest absolute Gasteiger partial charge is 0.488 e. The van der Waals surface area contributed by atoms with Crippen molar-refractivity contribution < 1.29 is 30.0 Å². The van der Waals surface area contributed by atoms with Crippen molar-refractivity contribution in [2.75, 3.05) is 0 Å². The Labute approximate surface area is 98.1 Å². The van der Waals surface area contributed by atoms with Gasteiger partial charge in [0.2, 0.25) is 0 Å². The third kappa shape index (κ3) is 1.87. The molecule has 6 heteroatoms. The van der Waals surface area contributed by atoms with E-state index in [4.69, 9.17) is 4.74 Å². The molecule has 0 spiro atoms. The van der Waals surface area contributed by atoms with Gasteiger partial charge in [-0.3, -0.25) is 4.79 Å². The lowest BCUT2D eigenvalue weighted by Gasteiger charge is -2.42. The average Bonchev–Trinajstić information content (AvgIpc) is 2.21. The van der Waals surface area contributed by atoms with E-state index >= 15 is 0 Å². The molecule has 0 saturated heterocycles. The van der Waals surface area contributed by atoms with E-state index in [1.807, 2.05) is 0 Å². The molecular weight excluding hydrogens is 228 g/mol. The molecule has 4 N–H and O–H groups in total. The molecule has 4 atom stereocenters. The Morgan fingerprint density at radius 3 is 2.24 bits per heavy atom. The minimum Gasteiger partial charge on any atom is -0.488 e. The van der Waals surface area contributed by atoms with Gasteiger partial charge < -0.3 is 25.2 Å². The summed E-state index contributed by atoms with van der Waals surface area (Å²) in [6.45, 7) is 3.34. The van der Waals surface area contributed by atoms with Gasteiger partial charge in [0, 0.05) is 0 Å². The van der Waals surface area contributed by atoms with Gasteiger partial charge in [-0.25, -0.2) is 0 Å². The number of Topliss-reactive ketones (excluding diaryl/α,β-unsaturated/α-hetero) is 1. The van der Waals surface area contributed by atoms with Crippen LogP contribution in [0.1, 0.15) is 20.3 Å². The van der Waals surface area contributed by atoms with E-state index in [1.165, 1.54) is 0 Å². The van der Waals surface area contributed by atoms with Gasteiger partial charge in [-0.1, -0.05) is 0 Å².